The fourth-order valence-corrected chi connectivity index (χ4v) is 2.21. The van der Waals surface area contributed by atoms with Gasteiger partial charge in [-0.3, -0.25) is 4.79 Å². The lowest BCUT2D eigenvalue weighted by Gasteiger charge is -2.04. The van der Waals surface area contributed by atoms with Crippen LogP contribution in [0.1, 0.15) is 17.7 Å². The number of rotatable bonds is 5. The molecule has 1 aromatic carbocycles. The van der Waals surface area contributed by atoms with Gasteiger partial charge in [-0.05, 0) is 24.1 Å². The summed E-state index contributed by atoms with van der Waals surface area (Å²) >= 11 is 7.34. The third kappa shape index (κ3) is 4.13. The Morgan fingerprint density at radius 1 is 1.33 bits per heavy atom. The Hall–Kier alpha value is -1.39. The van der Waals surface area contributed by atoms with Crippen LogP contribution in [0.25, 0.3) is 0 Å². The van der Waals surface area contributed by atoms with Gasteiger partial charge in [-0.2, -0.15) is 0 Å². The first-order valence-electron chi connectivity index (χ1n) is 5.62. The smallest absolute Gasteiger partial charge is 0.220 e. The number of halogens is 1. The number of nitrogens with zero attached hydrogens (tertiary/aromatic N) is 1. The van der Waals surface area contributed by atoms with Gasteiger partial charge < -0.3 is 5.32 Å². The predicted octanol–water partition coefficient (Wildman–Crippen LogP) is 3.05. The highest BCUT2D eigenvalue weighted by atomic mass is 35.5. The lowest BCUT2D eigenvalue weighted by atomic mass is 10.2. The third-order valence-electron chi connectivity index (χ3n) is 2.49. The van der Waals surface area contributed by atoms with Crippen molar-refractivity contribution < 1.29 is 4.79 Å². The Morgan fingerprint density at radius 2 is 2.11 bits per heavy atom. The van der Waals surface area contributed by atoms with E-state index in [9.17, 15) is 4.79 Å². The number of carbonyl (C=O) groups excluding carboxylic acids is 1. The lowest BCUT2D eigenvalue weighted by Crippen LogP contribution is -2.22. The Labute approximate surface area is 115 Å². The first kappa shape index (κ1) is 13.1. The zero-order valence-electron chi connectivity index (χ0n) is 9.73. The van der Waals surface area contributed by atoms with Crippen LogP contribution in [-0.4, -0.2) is 10.9 Å². The largest absolute Gasteiger partial charge is 0.352 e. The molecule has 3 nitrogen and oxygen atoms in total. The molecule has 0 bridgehead atoms. The Kier molecular flexibility index (Phi) is 4.73. The molecule has 0 aliphatic heterocycles. The minimum Gasteiger partial charge on any atom is -0.352 e. The number of carbonyl (C=O) groups is 1. The van der Waals surface area contributed by atoms with Gasteiger partial charge in [0, 0.05) is 23.4 Å². The van der Waals surface area contributed by atoms with Gasteiger partial charge in [-0.15, -0.1) is 11.3 Å². The van der Waals surface area contributed by atoms with Gasteiger partial charge in [0.15, 0.2) is 0 Å². The van der Waals surface area contributed by atoms with E-state index in [-0.39, 0.29) is 5.91 Å². The SMILES string of the molecule is O=C(CCc1cscn1)NCc1ccc(Cl)cc1. The van der Waals surface area contributed by atoms with E-state index in [1.165, 1.54) is 0 Å². The van der Waals surface area contributed by atoms with E-state index in [1.54, 1.807) is 16.8 Å². The monoisotopic (exact) mass is 280 g/mol. The van der Waals surface area contributed by atoms with Crippen LogP contribution in [0.2, 0.25) is 5.02 Å². The molecule has 2 aromatic rings. The lowest BCUT2D eigenvalue weighted by molar-refractivity contribution is -0.121. The summed E-state index contributed by atoms with van der Waals surface area (Å²) < 4.78 is 0. The van der Waals surface area contributed by atoms with Crippen molar-refractivity contribution in [2.24, 2.45) is 0 Å². The fraction of sp³-hybridized carbons (Fsp3) is 0.231. The maximum Gasteiger partial charge on any atom is 0.220 e. The number of benzene rings is 1. The van der Waals surface area contributed by atoms with E-state index < -0.39 is 0 Å². The summed E-state index contributed by atoms with van der Waals surface area (Å²) in [5.74, 6) is 0.0398. The van der Waals surface area contributed by atoms with Crippen LogP contribution >= 0.6 is 22.9 Å². The first-order chi connectivity index (χ1) is 8.74. The molecule has 0 saturated heterocycles. The number of nitrogens with one attached hydrogen (secondary N) is 1. The van der Waals surface area contributed by atoms with Gasteiger partial charge in [0.1, 0.15) is 0 Å². The Bertz CT molecular complexity index is 496. The van der Waals surface area contributed by atoms with Crippen molar-refractivity contribution in [2.45, 2.75) is 19.4 Å². The van der Waals surface area contributed by atoms with Gasteiger partial charge in [0.2, 0.25) is 5.91 Å². The molecule has 0 radical (unpaired) electrons. The molecule has 0 atom stereocenters. The molecular formula is C13H13ClN2OS. The van der Waals surface area contributed by atoms with Gasteiger partial charge in [-0.25, -0.2) is 4.98 Å². The molecule has 18 heavy (non-hydrogen) atoms. The minimum atomic E-state index is 0.0398. The molecule has 0 unspecified atom stereocenters. The molecule has 1 heterocycles. The maximum absolute atomic E-state index is 11.6. The number of hydrogen-bond donors (Lipinski definition) is 1. The second-order valence-electron chi connectivity index (χ2n) is 3.88. The van der Waals surface area contributed by atoms with Crippen molar-refractivity contribution >= 4 is 28.8 Å². The molecule has 2 rings (SSSR count). The Balaban J connectivity index is 1.73. The summed E-state index contributed by atoms with van der Waals surface area (Å²) in [4.78, 5) is 15.8. The first-order valence-corrected chi connectivity index (χ1v) is 6.94. The molecule has 1 amide bonds. The minimum absolute atomic E-state index is 0.0398. The number of aromatic nitrogens is 1. The third-order valence-corrected chi connectivity index (χ3v) is 3.38. The number of hydrogen-bond acceptors (Lipinski definition) is 3. The molecule has 0 aliphatic rings. The van der Waals surface area contributed by atoms with E-state index in [2.05, 4.69) is 10.3 Å². The molecule has 1 N–H and O–H groups in total. The molecule has 0 spiro atoms. The quantitative estimate of drug-likeness (QED) is 0.915. The predicted molar refractivity (Wildman–Crippen MR) is 73.7 cm³/mol. The zero-order valence-corrected chi connectivity index (χ0v) is 11.3. The highest BCUT2D eigenvalue weighted by molar-refractivity contribution is 7.07. The summed E-state index contributed by atoms with van der Waals surface area (Å²) in [5, 5.41) is 5.54. The van der Waals surface area contributed by atoms with Crippen molar-refractivity contribution in [1.82, 2.24) is 10.3 Å². The number of thiazole rings is 1. The van der Waals surface area contributed by atoms with Crippen LogP contribution in [0.4, 0.5) is 0 Å². The van der Waals surface area contributed by atoms with E-state index in [0.717, 1.165) is 11.3 Å². The summed E-state index contributed by atoms with van der Waals surface area (Å²) in [7, 11) is 0. The molecule has 1 aromatic heterocycles. The standard InChI is InChI=1S/C13H13ClN2OS/c14-11-3-1-10(2-4-11)7-15-13(17)6-5-12-8-18-9-16-12/h1-4,8-9H,5-7H2,(H,15,17). The van der Waals surface area contributed by atoms with Gasteiger partial charge >= 0.3 is 0 Å². The maximum atomic E-state index is 11.6. The van der Waals surface area contributed by atoms with Gasteiger partial charge in [0.25, 0.3) is 0 Å². The van der Waals surface area contributed by atoms with Crippen LogP contribution in [-0.2, 0) is 17.8 Å². The van der Waals surface area contributed by atoms with Gasteiger partial charge in [0.05, 0.1) is 11.2 Å². The molecule has 5 heteroatoms. The second-order valence-corrected chi connectivity index (χ2v) is 5.04. The molecule has 0 aliphatic carbocycles. The average molecular weight is 281 g/mol. The van der Waals surface area contributed by atoms with Crippen LogP contribution < -0.4 is 5.32 Å². The van der Waals surface area contributed by atoms with Crippen molar-refractivity contribution in [3.63, 3.8) is 0 Å². The van der Waals surface area contributed by atoms with E-state index in [4.69, 9.17) is 11.6 Å². The Morgan fingerprint density at radius 3 is 2.78 bits per heavy atom. The van der Waals surface area contributed by atoms with Crippen LogP contribution in [0, 0.1) is 0 Å². The fourth-order valence-electron chi connectivity index (χ4n) is 1.49. The summed E-state index contributed by atoms with van der Waals surface area (Å²) in [5.41, 5.74) is 3.80. The van der Waals surface area contributed by atoms with Crippen molar-refractivity contribution in [1.29, 1.82) is 0 Å². The molecule has 0 fully saturated rings. The van der Waals surface area contributed by atoms with Crippen molar-refractivity contribution in [3.05, 3.63) is 51.4 Å². The zero-order chi connectivity index (χ0) is 12.8. The van der Waals surface area contributed by atoms with Crippen LogP contribution in [0.5, 0.6) is 0 Å². The summed E-state index contributed by atoms with van der Waals surface area (Å²) in [6, 6.07) is 7.45. The summed E-state index contributed by atoms with van der Waals surface area (Å²) in [6.45, 7) is 0.535. The number of amides is 1. The second kappa shape index (κ2) is 6.52. The van der Waals surface area contributed by atoms with Crippen molar-refractivity contribution in [3.8, 4) is 0 Å². The molecular weight excluding hydrogens is 268 g/mol. The molecule has 94 valence electrons. The molecule has 0 saturated carbocycles. The van der Waals surface area contributed by atoms with Crippen LogP contribution in [0.3, 0.4) is 0 Å². The van der Waals surface area contributed by atoms with Crippen molar-refractivity contribution in [2.75, 3.05) is 0 Å². The topological polar surface area (TPSA) is 42.0 Å². The van der Waals surface area contributed by atoms with Gasteiger partial charge in [-0.1, -0.05) is 23.7 Å². The number of aryl methyl sites for hydroxylation is 1. The summed E-state index contributed by atoms with van der Waals surface area (Å²) in [6.07, 6.45) is 1.16. The highest BCUT2D eigenvalue weighted by Crippen LogP contribution is 2.09. The normalized spacial score (nSPS) is 10.3. The van der Waals surface area contributed by atoms with Crippen LogP contribution in [0.15, 0.2) is 35.2 Å². The average Bonchev–Trinajstić information content (AvgIpc) is 2.89. The van der Waals surface area contributed by atoms with E-state index in [1.807, 2.05) is 29.6 Å². The van der Waals surface area contributed by atoms with E-state index >= 15 is 0 Å². The highest BCUT2D eigenvalue weighted by Gasteiger charge is 2.03. The van der Waals surface area contributed by atoms with E-state index in [0.29, 0.717) is 24.4 Å².